The highest BCUT2D eigenvalue weighted by atomic mass is 32.2. The molecule has 2 heterocycles. The highest BCUT2D eigenvalue weighted by molar-refractivity contribution is 7.86. The van der Waals surface area contributed by atoms with Gasteiger partial charge in [0.15, 0.2) is 0 Å². The third-order valence-electron chi connectivity index (χ3n) is 4.84. The number of hydrogen-bond donors (Lipinski definition) is 1. The molecular formula is C15H21N3O3S. The summed E-state index contributed by atoms with van der Waals surface area (Å²) in [6, 6.07) is 9.87. The number of hydrogen-bond acceptors (Lipinski definition) is 3. The van der Waals surface area contributed by atoms with E-state index in [0.717, 1.165) is 5.56 Å². The van der Waals surface area contributed by atoms with Crippen molar-refractivity contribution in [2.24, 2.45) is 5.41 Å². The van der Waals surface area contributed by atoms with E-state index in [1.807, 2.05) is 30.3 Å². The Bertz CT molecular complexity index is 675. The molecule has 6 nitrogen and oxygen atoms in total. The van der Waals surface area contributed by atoms with E-state index >= 15 is 0 Å². The van der Waals surface area contributed by atoms with Gasteiger partial charge in [0.1, 0.15) is 0 Å². The fraction of sp³-hybridized carbons (Fsp3) is 0.533. The zero-order valence-electron chi connectivity index (χ0n) is 12.8. The second kappa shape index (κ2) is 5.33. The van der Waals surface area contributed by atoms with Crippen LogP contribution in [-0.2, 0) is 15.0 Å². The van der Waals surface area contributed by atoms with Crippen LogP contribution in [0.3, 0.4) is 0 Å². The molecule has 120 valence electrons. The molecule has 0 unspecified atom stereocenters. The number of carbonyl (C=O) groups is 1. The minimum atomic E-state index is -3.48. The van der Waals surface area contributed by atoms with Crippen LogP contribution >= 0.6 is 0 Å². The Morgan fingerprint density at radius 1 is 1.27 bits per heavy atom. The maximum atomic E-state index is 12.5. The van der Waals surface area contributed by atoms with E-state index in [2.05, 4.69) is 5.32 Å². The first kappa shape index (κ1) is 15.5. The molecule has 0 aromatic heterocycles. The Hall–Kier alpha value is -1.44. The van der Waals surface area contributed by atoms with Gasteiger partial charge < -0.3 is 5.32 Å². The Kier molecular flexibility index (Phi) is 3.74. The maximum Gasteiger partial charge on any atom is 0.281 e. The number of amides is 1. The second-order valence-electron chi connectivity index (χ2n) is 6.20. The summed E-state index contributed by atoms with van der Waals surface area (Å²) >= 11 is 0. The predicted octanol–water partition coefficient (Wildman–Crippen LogP) is 0.399. The van der Waals surface area contributed by atoms with Crippen LogP contribution in [0.2, 0.25) is 0 Å². The molecule has 2 fully saturated rings. The van der Waals surface area contributed by atoms with E-state index in [-0.39, 0.29) is 18.4 Å². The van der Waals surface area contributed by atoms with Crippen molar-refractivity contribution in [1.29, 1.82) is 0 Å². The molecule has 1 aromatic rings. The van der Waals surface area contributed by atoms with E-state index in [1.54, 1.807) is 0 Å². The van der Waals surface area contributed by atoms with E-state index in [4.69, 9.17) is 0 Å². The van der Waals surface area contributed by atoms with Gasteiger partial charge in [-0.1, -0.05) is 30.3 Å². The molecule has 22 heavy (non-hydrogen) atoms. The standard InChI is InChI=1S/C15H21N3O3S/c1-17(2)22(20,21)18-9-8-15(11-18)13(10-16-14(15)19)12-6-4-3-5-7-12/h3-7,13H,8-11H2,1-2H3,(H,16,19)/t13-,15-/m1/s1. The highest BCUT2D eigenvalue weighted by Gasteiger charge is 2.56. The van der Waals surface area contributed by atoms with Gasteiger partial charge in [0.05, 0.1) is 5.41 Å². The van der Waals surface area contributed by atoms with Crippen LogP contribution < -0.4 is 5.32 Å². The zero-order valence-corrected chi connectivity index (χ0v) is 13.6. The summed E-state index contributed by atoms with van der Waals surface area (Å²) in [4.78, 5) is 12.5. The first-order valence-corrected chi connectivity index (χ1v) is 8.78. The van der Waals surface area contributed by atoms with Crippen molar-refractivity contribution in [2.75, 3.05) is 33.7 Å². The highest BCUT2D eigenvalue weighted by Crippen LogP contribution is 2.47. The Labute approximate surface area is 131 Å². The summed E-state index contributed by atoms with van der Waals surface area (Å²) in [5, 5.41) is 2.93. The van der Waals surface area contributed by atoms with Crippen LogP contribution in [-0.4, -0.2) is 56.7 Å². The minimum Gasteiger partial charge on any atom is -0.355 e. The fourth-order valence-corrected chi connectivity index (χ4v) is 4.72. The summed E-state index contributed by atoms with van der Waals surface area (Å²) in [6.45, 7) is 1.20. The second-order valence-corrected chi connectivity index (χ2v) is 8.35. The molecular weight excluding hydrogens is 302 g/mol. The molecule has 0 aliphatic carbocycles. The van der Waals surface area contributed by atoms with E-state index < -0.39 is 15.6 Å². The van der Waals surface area contributed by atoms with Gasteiger partial charge in [-0.15, -0.1) is 0 Å². The molecule has 2 aliphatic heterocycles. The van der Waals surface area contributed by atoms with Crippen molar-refractivity contribution in [1.82, 2.24) is 13.9 Å². The molecule has 2 atom stereocenters. The minimum absolute atomic E-state index is 0.0172. The normalized spacial score (nSPS) is 29.4. The summed E-state index contributed by atoms with van der Waals surface area (Å²) in [7, 11) is -0.447. The lowest BCUT2D eigenvalue weighted by Crippen LogP contribution is -2.42. The van der Waals surface area contributed by atoms with E-state index in [1.165, 1.54) is 22.7 Å². The zero-order chi connectivity index (χ0) is 16.0. The van der Waals surface area contributed by atoms with Crippen LogP contribution in [0.4, 0.5) is 0 Å². The number of benzene rings is 1. The molecule has 2 aliphatic rings. The summed E-state index contributed by atoms with van der Waals surface area (Å²) in [5.74, 6) is -0.0126. The lowest BCUT2D eigenvalue weighted by molar-refractivity contribution is -0.127. The molecule has 0 saturated carbocycles. The SMILES string of the molecule is CN(C)S(=O)(=O)N1CC[C@]2(C1)C(=O)NC[C@@H]2c1ccccc1. The lowest BCUT2D eigenvalue weighted by Gasteiger charge is -2.29. The molecule has 3 rings (SSSR count). The van der Waals surface area contributed by atoms with E-state index in [9.17, 15) is 13.2 Å². The monoisotopic (exact) mass is 323 g/mol. The van der Waals surface area contributed by atoms with Crippen LogP contribution in [0, 0.1) is 5.41 Å². The van der Waals surface area contributed by atoms with Gasteiger partial charge in [-0.05, 0) is 12.0 Å². The van der Waals surface area contributed by atoms with Crippen molar-refractivity contribution in [3.63, 3.8) is 0 Å². The topological polar surface area (TPSA) is 69.7 Å². The average molecular weight is 323 g/mol. The molecule has 1 aromatic carbocycles. The predicted molar refractivity (Wildman–Crippen MR) is 83.4 cm³/mol. The van der Waals surface area contributed by atoms with Crippen LogP contribution in [0.5, 0.6) is 0 Å². The van der Waals surface area contributed by atoms with Crippen LogP contribution in [0.25, 0.3) is 0 Å². The third kappa shape index (κ3) is 2.24. The summed E-state index contributed by atoms with van der Waals surface area (Å²) in [6.07, 6.45) is 0.561. The van der Waals surface area contributed by atoms with Crippen molar-refractivity contribution in [2.45, 2.75) is 12.3 Å². The smallest absolute Gasteiger partial charge is 0.281 e. The number of rotatable bonds is 3. The molecule has 0 bridgehead atoms. The maximum absolute atomic E-state index is 12.5. The molecule has 7 heteroatoms. The Balaban J connectivity index is 1.93. The van der Waals surface area contributed by atoms with Crippen molar-refractivity contribution < 1.29 is 13.2 Å². The third-order valence-corrected chi connectivity index (χ3v) is 6.73. The first-order valence-electron chi connectivity index (χ1n) is 7.39. The van der Waals surface area contributed by atoms with Crippen LogP contribution in [0.15, 0.2) is 30.3 Å². The molecule has 1 spiro atoms. The van der Waals surface area contributed by atoms with Gasteiger partial charge in [-0.2, -0.15) is 17.0 Å². The van der Waals surface area contributed by atoms with Gasteiger partial charge in [0.25, 0.3) is 10.2 Å². The van der Waals surface area contributed by atoms with Gasteiger partial charge in [0, 0.05) is 39.6 Å². The average Bonchev–Trinajstić information content (AvgIpc) is 3.07. The number of nitrogens with zero attached hydrogens (tertiary/aromatic N) is 2. The van der Waals surface area contributed by atoms with Crippen LogP contribution in [0.1, 0.15) is 17.9 Å². The van der Waals surface area contributed by atoms with Gasteiger partial charge in [-0.25, -0.2) is 0 Å². The lowest BCUT2D eigenvalue weighted by atomic mass is 9.73. The Morgan fingerprint density at radius 2 is 1.95 bits per heavy atom. The summed E-state index contributed by atoms with van der Waals surface area (Å²) in [5.41, 5.74) is 0.440. The van der Waals surface area contributed by atoms with Crippen molar-refractivity contribution in [3.05, 3.63) is 35.9 Å². The molecule has 2 saturated heterocycles. The first-order chi connectivity index (χ1) is 10.4. The Morgan fingerprint density at radius 3 is 2.59 bits per heavy atom. The largest absolute Gasteiger partial charge is 0.355 e. The number of carbonyl (C=O) groups excluding carboxylic acids is 1. The van der Waals surface area contributed by atoms with Gasteiger partial charge in [-0.3, -0.25) is 4.79 Å². The molecule has 0 radical (unpaired) electrons. The van der Waals surface area contributed by atoms with Gasteiger partial charge >= 0.3 is 0 Å². The molecule has 1 N–H and O–H groups in total. The van der Waals surface area contributed by atoms with Crippen molar-refractivity contribution in [3.8, 4) is 0 Å². The van der Waals surface area contributed by atoms with E-state index in [0.29, 0.717) is 19.5 Å². The molecule has 1 amide bonds. The number of nitrogens with one attached hydrogen (secondary N) is 1. The quantitative estimate of drug-likeness (QED) is 0.875. The summed E-state index contributed by atoms with van der Waals surface area (Å²) < 4.78 is 27.3. The van der Waals surface area contributed by atoms with Crippen molar-refractivity contribution >= 4 is 16.1 Å². The van der Waals surface area contributed by atoms with Gasteiger partial charge in [0.2, 0.25) is 5.91 Å². The fourth-order valence-electron chi connectivity index (χ4n) is 3.54.